The van der Waals surface area contributed by atoms with Gasteiger partial charge in [0.05, 0.1) is 11.1 Å². The minimum atomic E-state index is -4.35. The third kappa shape index (κ3) is 3.41. The molecule has 8 heteroatoms. The van der Waals surface area contributed by atoms with E-state index in [0.29, 0.717) is 41.3 Å². The molecule has 1 aliphatic heterocycles. The molecule has 3 aromatic carbocycles. The van der Waals surface area contributed by atoms with Gasteiger partial charge < -0.3 is 5.32 Å². The highest BCUT2D eigenvalue weighted by molar-refractivity contribution is 7.92. The molecule has 168 valence electrons. The van der Waals surface area contributed by atoms with Crippen LogP contribution in [0.2, 0.25) is 0 Å². The monoisotopic (exact) mass is 466 g/mol. The fraction of sp³-hybridized carbons (Fsp3) is 0.160. The number of hydrogen-bond donors (Lipinski definition) is 2. The topological polar surface area (TPSA) is 75.3 Å². The SMILES string of the molecule is C=C(c1ccccc1)c1cc(NS(=O)(=O)c2ccc(F)cc2F)cc2c1NC(=O)C21CCC1. The standard InChI is InChI=1S/C25H20F2N2O3S/c1-15(16-6-3-2-4-7-16)19-13-18(14-20-23(19)28-24(30)25(20)10-5-11-25)29-33(31,32)22-9-8-17(26)12-21(22)27/h2-4,6-9,12-14,29H,1,5,10-11H2,(H,28,30). The second-order valence-electron chi connectivity index (χ2n) is 8.36. The summed E-state index contributed by atoms with van der Waals surface area (Å²) < 4.78 is 55.7. The summed E-state index contributed by atoms with van der Waals surface area (Å²) in [6.07, 6.45) is 2.20. The van der Waals surface area contributed by atoms with Crippen molar-refractivity contribution < 1.29 is 22.0 Å². The summed E-state index contributed by atoms with van der Waals surface area (Å²) in [6.45, 7) is 4.18. The number of amides is 1. The third-order valence-corrected chi connectivity index (χ3v) is 7.83. The van der Waals surface area contributed by atoms with Crippen molar-refractivity contribution in [3.63, 3.8) is 0 Å². The van der Waals surface area contributed by atoms with Crippen LogP contribution in [0.4, 0.5) is 20.2 Å². The molecular weight excluding hydrogens is 446 g/mol. The molecule has 0 unspecified atom stereocenters. The summed E-state index contributed by atoms with van der Waals surface area (Å²) in [5.74, 6) is -2.18. The van der Waals surface area contributed by atoms with Gasteiger partial charge in [-0.15, -0.1) is 0 Å². The Morgan fingerprint density at radius 2 is 1.76 bits per heavy atom. The number of carbonyl (C=O) groups is 1. The van der Waals surface area contributed by atoms with Crippen molar-refractivity contribution in [3.8, 4) is 0 Å². The van der Waals surface area contributed by atoms with Crippen LogP contribution >= 0.6 is 0 Å². The Bertz CT molecular complexity index is 1420. The number of sulfonamides is 1. The lowest BCUT2D eigenvalue weighted by Gasteiger charge is -2.36. The van der Waals surface area contributed by atoms with Crippen LogP contribution in [0.5, 0.6) is 0 Å². The summed E-state index contributed by atoms with van der Waals surface area (Å²) >= 11 is 0. The first-order valence-corrected chi connectivity index (χ1v) is 11.9. The molecule has 0 bridgehead atoms. The van der Waals surface area contributed by atoms with E-state index in [9.17, 15) is 22.0 Å². The number of fused-ring (bicyclic) bond motifs is 2. The number of rotatable bonds is 5. The Balaban J connectivity index is 1.63. The molecule has 5 nitrogen and oxygen atoms in total. The first kappa shape index (κ1) is 21.3. The highest BCUT2D eigenvalue weighted by atomic mass is 32.2. The quantitative estimate of drug-likeness (QED) is 0.543. The first-order chi connectivity index (χ1) is 15.7. The van der Waals surface area contributed by atoms with E-state index in [0.717, 1.165) is 24.1 Å². The number of nitrogens with one attached hydrogen (secondary N) is 2. The van der Waals surface area contributed by atoms with E-state index in [1.54, 1.807) is 12.1 Å². The molecule has 0 radical (unpaired) electrons. The normalized spacial score (nSPS) is 16.1. The van der Waals surface area contributed by atoms with E-state index in [1.165, 1.54) is 0 Å². The molecule has 2 aliphatic rings. The molecule has 1 heterocycles. The van der Waals surface area contributed by atoms with E-state index >= 15 is 0 Å². The summed E-state index contributed by atoms with van der Waals surface area (Å²) in [7, 11) is -4.35. The van der Waals surface area contributed by atoms with Crippen LogP contribution in [0.3, 0.4) is 0 Å². The highest BCUT2D eigenvalue weighted by Crippen LogP contribution is 2.54. The molecule has 1 fully saturated rings. The number of hydrogen-bond acceptors (Lipinski definition) is 3. The van der Waals surface area contributed by atoms with Gasteiger partial charge in [0, 0.05) is 17.3 Å². The Morgan fingerprint density at radius 1 is 1.03 bits per heavy atom. The van der Waals surface area contributed by atoms with Gasteiger partial charge in [-0.05, 0) is 53.8 Å². The van der Waals surface area contributed by atoms with E-state index in [2.05, 4.69) is 16.6 Å². The van der Waals surface area contributed by atoms with Gasteiger partial charge in [-0.1, -0.05) is 43.3 Å². The number of anilines is 2. The molecular formula is C25H20F2N2O3S. The van der Waals surface area contributed by atoms with E-state index in [-0.39, 0.29) is 11.6 Å². The van der Waals surface area contributed by atoms with Gasteiger partial charge >= 0.3 is 0 Å². The predicted molar refractivity (Wildman–Crippen MR) is 122 cm³/mol. The Labute approximate surface area is 190 Å². The van der Waals surface area contributed by atoms with Crippen molar-refractivity contribution in [2.75, 3.05) is 10.0 Å². The summed E-state index contributed by atoms with van der Waals surface area (Å²) in [5.41, 5.74) is 2.78. The van der Waals surface area contributed by atoms with Crippen LogP contribution in [0.25, 0.3) is 5.57 Å². The Kier molecular flexibility index (Phi) is 4.86. The number of halogens is 2. The molecule has 0 aromatic heterocycles. The van der Waals surface area contributed by atoms with Gasteiger partial charge in [0.1, 0.15) is 16.5 Å². The number of benzene rings is 3. The molecule has 0 saturated heterocycles. The molecule has 5 rings (SSSR count). The predicted octanol–water partition coefficient (Wildman–Crippen LogP) is 5.20. The maximum absolute atomic E-state index is 14.2. The fourth-order valence-electron chi connectivity index (χ4n) is 4.53. The van der Waals surface area contributed by atoms with Crippen molar-refractivity contribution in [3.05, 3.63) is 95.6 Å². The van der Waals surface area contributed by atoms with Crippen LogP contribution in [0.1, 0.15) is 36.0 Å². The molecule has 33 heavy (non-hydrogen) atoms. The maximum atomic E-state index is 14.2. The summed E-state index contributed by atoms with van der Waals surface area (Å²) in [4.78, 5) is 12.2. The van der Waals surface area contributed by atoms with Crippen LogP contribution in [-0.4, -0.2) is 14.3 Å². The zero-order valence-corrected chi connectivity index (χ0v) is 18.3. The van der Waals surface area contributed by atoms with Crippen LogP contribution in [-0.2, 0) is 20.2 Å². The van der Waals surface area contributed by atoms with E-state index in [4.69, 9.17) is 0 Å². The first-order valence-electron chi connectivity index (χ1n) is 10.4. The van der Waals surface area contributed by atoms with Crippen molar-refractivity contribution in [2.45, 2.75) is 29.6 Å². The second-order valence-corrected chi connectivity index (χ2v) is 10.0. The van der Waals surface area contributed by atoms with Crippen molar-refractivity contribution in [1.82, 2.24) is 0 Å². The van der Waals surface area contributed by atoms with Gasteiger partial charge in [0.15, 0.2) is 0 Å². The second kappa shape index (κ2) is 7.52. The Hall–Kier alpha value is -3.52. The van der Waals surface area contributed by atoms with Crippen LogP contribution in [0.15, 0.2) is 72.1 Å². The van der Waals surface area contributed by atoms with Crippen LogP contribution < -0.4 is 10.0 Å². The minimum absolute atomic E-state index is 0.115. The van der Waals surface area contributed by atoms with Crippen molar-refractivity contribution >= 4 is 32.9 Å². The Morgan fingerprint density at radius 3 is 2.39 bits per heavy atom. The lowest BCUT2D eigenvalue weighted by molar-refractivity contribution is -0.123. The zero-order valence-electron chi connectivity index (χ0n) is 17.5. The average Bonchev–Trinajstić information content (AvgIpc) is 3.04. The molecule has 2 N–H and O–H groups in total. The summed E-state index contributed by atoms with van der Waals surface area (Å²) in [6, 6.07) is 14.8. The highest BCUT2D eigenvalue weighted by Gasteiger charge is 2.52. The van der Waals surface area contributed by atoms with Gasteiger partial charge in [-0.25, -0.2) is 17.2 Å². The van der Waals surface area contributed by atoms with Gasteiger partial charge in [-0.2, -0.15) is 0 Å². The fourth-order valence-corrected chi connectivity index (χ4v) is 5.63. The molecule has 1 aliphatic carbocycles. The zero-order chi connectivity index (χ0) is 23.4. The van der Waals surface area contributed by atoms with E-state index < -0.39 is 32.0 Å². The lowest BCUT2D eigenvalue weighted by atomic mass is 9.65. The minimum Gasteiger partial charge on any atom is -0.324 e. The van der Waals surface area contributed by atoms with Crippen molar-refractivity contribution in [1.29, 1.82) is 0 Å². The molecule has 1 spiro atoms. The maximum Gasteiger partial charge on any atom is 0.264 e. The third-order valence-electron chi connectivity index (χ3n) is 6.42. The average molecular weight is 467 g/mol. The molecule has 1 amide bonds. The largest absolute Gasteiger partial charge is 0.324 e. The molecule has 1 saturated carbocycles. The van der Waals surface area contributed by atoms with Crippen molar-refractivity contribution in [2.24, 2.45) is 0 Å². The van der Waals surface area contributed by atoms with Gasteiger partial charge in [0.2, 0.25) is 5.91 Å². The smallest absolute Gasteiger partial charge is 0.264 e. The van der Waals surface area contributed by atoms with E-state index in [1.807, 2.05) is 30.3 Å². The lowest BCUT2D eigenvalue weighted by Crippen LogP contribution is -2.40. The van der Waals surface area contributed by atoms with Gasteiger partial charge in [0.25, 0.3) is 10.0 Å². The summed E-state index contributed by atoms with van der Waals surface area (Å²) in [5, 5.41) is 2.97. The van der Waals surface area contributed by atoms with Crippen LogP contribution in [0, 0.1) is 11.6 Å². The molecule has 0 atom stereocenters. The van der Waals surface area contributed by atoms with Gasteiger partial charge in [-0.3, -0.25) is 9.52 Å². The number of carbonyl (C=O) groups excluding carboxylic acids is 1. The molecule has 3 aromatic rings.